The lowest BCUT2D eigenvalue weighted by atomic mass is 10.2. The molecular formula is C9H7ClN2. The van der Waals surface area contributed by atoms with Crippen molar-refractivity contribution in [3.63, 3.8) is 0 Å². The van der Waals surface area contributed by atoms with Gasteiger partial charge in [-0.15, -0.1) is 0 Å². The summed E-state index contributed by atoms with van der Waals surface area (Å²) >= 11 is 6.05. The Kier molecular flexibility index (Phi) is 1.70. The van der Waals surface area contributed by atoms with Crippen molar-refractivity contribution in [2.75, 3.05) is 0 Å². The summed E-state index contributed by atoms with van der Waals surface area (Å²) in [5.41, 5.74) is 1.94. The Balaban J connectivity index is 2.91. The molecule has 0 saturated carbocycles. The zero-order valence-corrected chi connectivity index (χ0v) is 7.34. The number of hydrogen-bond acceptors (Lipinski definition) is 2. The van der Waals surface area contributed by atoms with E-state index in [2.05, 4.69) is 9.97 Å². The van der Waals surface area contributed by atoms with Crippen LogP contribution in [0.5, 0.6) is 0 Å². The van der Waals surface area contributed by atoms with Crippen LogP contribution in [0.25, 0.3) is 10.9 Å². The Morgan fingerprint density at radius 1 is 1.33 bits per heavy atom. The maximum atomic E-state index is 6.05. The molecule has 60 valence electrons. The predicted molar refractivity (Wildman–Crippen MR) is 49.3 cm³/mol. The Hall–Kier alpha value is -1.15. The van der Waals surface area contributed by atoms with E-state index >= 15 is 0 Å². The summed E-state index contributed by atoms with van der Waals surface area (Å²) in [6.07, 6.45) is 3.26. The molecule has 0 N–H and O–H groups in total. The van der Waals surface area contributed by atoms with E-state index in [1.807, 2.05) is 19.1 Å². The topological polar surface area (TPSA) is 25.8 Å². The second kappa shape index (κ2) is 2.72. The van der Waals surface area contributed by atoms with E-state index in [0.717, 1.165) is 21.5 Å². The lowest BCUT2D eigenvalue weighted by Gasteiger charge is -2.00. The molecule has 0 amide bonds. The summed E-state index contributed by atoms with van der Waals surface area (Å²) in [4.78, 5) is 8.01. The van der Waals surface area contributed by atoms with E-state index in [1.54, 1.807) is 6.20 Å². The van der Waals surface area contributed by atoms with Gasteiger partial charge in [0.05, 0.1) is 10.5 Å². The molecule has 0 fully saturated rings. The first-order chi connectivity index (χ1) is 5.79. The van der Waals surface area contributed by atoms with E-state index in [9.17, 15) is 0 Å². The van der Waals surface area contributed by atoms with E-state index in [-0.39, 0.29) is 0 Å². The minimum Gasteiger partial charge on any atom is -0.244 e. The molecule has 0 bridgehead atoms. The van der Waals surface area contributed by atoms with E-state index in [0.29, 0.717) is 0 Å². The van der Waals surface area contributed by atoms with Crippen molar-refractivity contribution in [2.24, 2.45) is 0 Å². The van der Waals surface area contributed by atoms with Crippen LogP contribution < -0.4 is 0 Å². The Morgan fingerprint density at radius 2 is 2.17 bits per heavy atom. The first-order valence-electron chi connectivity index (χ1n) is 3.64. The van der Waals surface area contributed by atoms with Gasteiger partial charge in [0.1, 0.15) is 6.33 Å². The molecule has 0 atom stereocenters. The van der Waals surface area contributed by atoms with Crippen molar-refractivity contribution >= 4 is 22.5 Å². The summed E-state index contributed by atoms with van der Waals surface area (Å²) in [5.74, 6) is 0. The summed E-state index contributed by atoms with van der Waals surface area (Å²) < 4.78 is 0. The molecule has 0 aliphatic carbocycles. The SMILES string of the molecule is Cc1ccc2ncncc2c1Cl. The number of hydrogen-bond donors (Lipinski definition) is 0. The molecule has 0 aliphatic heterocycles. The third kappa shape index (κ3) is 1.04. The fourth-order valence-electron chi connectivity index (χ4n) is 1.13. The Morgan fingerprint density at radius 3 is 3.00 bits per heavy atom. The normalized spacial score (nSPS) is 10.5. The highest BCUT2D eigenvalue weighted by molar-refractivity contribution is 6.36. The average molecular weight is 179 g/mol. The largest absolute Gasteiger partial charge is 0.244 e. The molecule has 1 aromatic carbocycles. The minimum absolute atomic E-state index is 0.744. The zero-order chi connectivity index (χ0) is 8.55. The number of aryl methyl sites for hydroxylation is 1. The second-order valence-corrected chi connectivity index (χ2v) is 3.03. The summed E-state index contributed by atoms with van der Waals surface area (Å²) in [5, 5.41) is 1.66. The maximum Gasteiger partial charge on any atom is 0.116 e. The minimum atomic E-state index is 0.744. The van der Waals surface area contributed by atoms with Crippen LogP contribution in [0.2, 0.25) is 5.02 Å². The van der Waals surface area contributed by atoms with E-state index < -0.39 is 0 Å². The maximum absolute atomic E-state index is 6.05. The number of nitrogens with zero attached hydrogens (tertiary/aromatic N) is 2. The fraction of sp³-hybridized carbons (Fsp3) is 0.111. The van der Waals surface area contributed by atoms with Crippen LogP contribution in [0.3, 0.4) is 0 Å². The summed E-state index contributed by atoms with van der Waals surface area (Å²) in [6, 6.07) is 3.90. The monoisotopic (exact) mass is 178 g/mol. The summed E-state index contributed by atoms with van der Waals surface area (Å²) in [7, 11) is 0. The lowest BCUT2D eigenvalue weighted by molar-refractivity contribution is 1.22. The Bertz CT molecular complexity index is 426. The molecule has 0 aliphatic rings. The van der Waals surface area contributed by atoms with Crippen LogP contribution in [0.4, 0.5) is 0 Å². The van der Waals surface area contributed by atoms with Gasteiger partial charge in [0, 0.05) is 11.6 Å². The van der Waals surface area contributed by atoms with Gasteiger partial charge in [-0.2, -0.15) is 0 Å². The third-order valence-corrected chi connectivity index (χ3v) is 2.32. The first-order valence-corrected chi connectivity index (χ1v) is 4.01. The van der Waals surface area contributed by atoms with Crippen molar-refractivity contribution in [3.05, 3.63) is 35.2 Å². The molecule has 12 heavy (non-hydrogen) atoms. The van der Waals surface area contributed by atoms with Crippen molar-refractivity contribution < 1.29 is 0 Å². The molecule has 1 aromatic heterocycles. The van der Waals surface area contributed by atoms with Crippen molar-refractivity contribution in [1.82, 2.24) is 9.97 Å². The van der Waals surface area contributed by atoms with Gasteiger partial charge in [-0.25, -0.2) is 9.97 Å². The number of aromatic nitrogens is 2. The zero-order valence-electron chi connectivity index (χ0n) is 6.58. The molecule has 0 spiro atoms. The highest BCUT2D eigenvalue weighted by atomic mass is 35.5. The molecule has 2 rings (SSSR count). The highest BCUT2D eigenvalue weighted by Crippen LogP contribution is 2.24. The van der Waals surface area contributed by atoms with Gasteiger partial charge < -0.3 is 0 Å². The van der Waals surface area contributed by atoms with Crippen LogP contribution in [0, 0.1) is 6.92 Å². The number of halogens is 1. The molecule has 0 saturated heterocycles. The van der Waals surface area contributed by atoms with E-state index in [4.69, 9.17) is 11.6 Å². The van der Waals surface area contributed by atoms with Gasteiger partial charge in [-0.1, -0.05) is 17.7 Å². The Labute approximate surface area is 75.2 Å². The number of benzene rings is 1. The molecule has 3 heteroatoms. The van der Waals surface area contributed by atoms with Crippen molar-refractivity contribution in [2.45, 2.75) is 6.92 Å². The summed E-state index contributed by atoms with van der Waals surface area (Å²) in [6.45, 7) is 1.97. The van der Waals surface area contributed by atoms with Crippen molar-refractivity contribution in [3.8, 4) is 0 Å². The van der Waals surface area contributed by atoms with Gasteiger partial charge >= 0.3 is 0 Å². The van der Waals surface area contributed by atoms with Crippen LogP contribution in [-0.2, 0) is 0 Å². The molecule has 1 heterocycles. The van der Waals surface area contributed by atoms with E-state index in [1.165, 1.54) is 6.33 Å². The van der Waals surface area contributed by atoms with Crippen LogP contribution in [0.15, 0.2) is 24.7 Å². The highest BCUT2D eigenvalue weighted by Gasteiger charge is 2.01. The standard InChI is InChI=1S/C9H7ClN2/c1-6-2-3-8-7(9(6)10)4-11-5-12-8/h2-5H,1H3. The van der Waals surface area contributed by atoms with Crippen molar-refractivity contribution in [1.29, 1.82) is 0 Å². The molecule has 0 radical (unpaired) electrons. The average Bonchev–Trinajstić information content (AvgIpc) is 2.12. The lowest BCUT2D eigenvalue weighted by Crippen LogP contribution is -1.83. The molecule has 0 unspecified atom stereocenters. The van der Waals surface area contributed by atoms with Crippen LogP contribution >= 0.6 is 11.6 Å². The van der Waals surface area contributed by atoms with Gasteiger partial charge in [-0.3, -0.25) is 0 Å². The molecular weight excluding hydrogens is 172 g/mol. The fourth-order valence-corrected chi connectivity index (χ4v) is 1.34. The molecule has 2 nitrogen and oxygen atoms in total. The van der Waals surface area contributed by atoms with Gasteiger partial charge in [0.15, 0.2) is 0 Å². The quantitative estimate of drug-likeness (QED) is 0.620. The van der Waals surface area contributed by atoms with Gasteiger partial charge in [-0.05, 0) is 18.6 Å². The molecule has 2 aromatic rings. The number of fused-ring (bicyclic) bond motifs is 1. The van der Waals surface area contributed by atoms with Crippen LogP contribution in [-0.4, -0.2) is 9.97 Å². The number of rotatable bonds is 0. The third-order valence-electron chi connectivity index (χ3n) is 1.82. The predicted octanol–water partition coefficient (Wildman–Crippen LogP) is 2.59. The van der Waals surface area contributed by atoms with Gasteiger partial charge in [0.25, 0.3) is 0 Å². The van der Waals surface area contributed by atoms with Gasteiger partial charge in [0.2, 0.25) is 0 Å². The second-order valence-electron chi connectivity index (χ2n) is 2.65. The van der Waals surface area contributed by atoms with Crippen LogP contribution in [0.1, 0.15) is 5.56 Å². The smallest absolute Gasteiger partial charge is 0.116 e. The first kappa shape index (κ1) is 7.50.